The highest BCUT2D eigenvalue weighted by molar-refractivity contribution is 5.94. The van der Waals surface area contributed by atoms with Gasteiger partial charge in [-0.15, -0.1) is 0 Å². The lowest BCUT2D eigenvalue weighted by Gasteiger charge is -2.20. The molecule has 4 heteroatoms. The van der Waals surface area contributed by atoms with Crippen molar-refractivity contribution >= 4 is 23.1 Å². The Morgan fingerprint density at radius 2 is 2.05 bits per heavy atom. The average Bonchev–Trinajstić information content (AvgIpc) is 2.78. The zero-order valence-corrected chi connectivity index (χ0v) is 11.8. The third kappa shape index (κ3) is 2.95. The van der Waals surface area contributed by atoms with Gasteiger partial charge in [0.25, 0.3) is 0 Å². The molecule has 1 heterocycles. The first-order valence-electron chi connectivity index (χ1n) is 6.60. The van der Waals surface area contributed by atoms with Gasteiger partial charge in [0, 0.05) is 44.9 Å². The van der Waals surface area contributed by atoms with Crippen LogP contribution in [0.4, 0.5) is 11.4 Å². The summed E-state index contributed by atoms with van der Waals surface area (Å²) in [5.74, 6) is 0.298. The number of rotatable bonds is 4. The van der Waals surface area contributed by atoms with Gasteiger partial charge in [-0.1, -0.05) is 0 Å². The molecular formula is C15H20N2O2. The summed E-state index contributed by atoms with van der Waals surface area (Å²) < 4.78 is 0. The summed E-state index contributed by atoms with van der Waals surface area (Å²) in [4.78, 5) is 26.4. The first kappa shape index (κ1) is 13.6. The lowest BCUT2D eigenvalue weighted by Crippen LogP contribution is -2.25. The molecule has 1 aromatic carbocycles. The first-order valence-corrected chi connectivity index (χ1v) is 6.60. The molecule has 1 aliphatic heterocycles. The number of carbonyl (C=O) groups excluding carboxylic acids is 2. The van der Waals surface area contributed by atoms with Gasteiger partial charge in [0.05, 0.1) is 0 Å². The van der Waals surface area contributed by atoms with E-state index in [2.05, 4.69) is 11.0 Å². The highest BCUT2D eigenvalue weighted by Crippen LogP contribution is 2.31. The van der Waals surface area contributed by atoms with E-state index >= 15 is 0 Å². The van der Waals surface area contributed by atoms with Crippen LogP contribution in [0.1, 0.15) is 25.8 Å². The molecule has 4 nitrogen and oxygen atoms in total. The quantitative estimate of drug-likeness (QED) is 0.831. The van der Waals surface area contributed by atoms with E-state index in [1.807, 2.05) is 24.1 Å². The Labute approximate surface area is 114 Å². The predicted octanol–water partition coefficient (Wildman–Crippen LogP) is 2.01. The summed E-state index contributed by atoms with van der Waals surface area (Å²) in [6.07, 6.45) is 1.47. The van der Waals surface area contributed by atoms with Crippen molar-refractivity contribution in [3.63, 3.8) is 0 Å². The predicted molar refractivity (Wildman–Crippen MR) is 76.7 cm³/mol. The van der Waals surface area contributed by atoms with Crippen LogP contribution >= 0.6 is 0 Å². The minimum atomic E-state index is 0.0939. The molecule has 0 spiro atoms. The third-order valence-corrected chi connectivity index (χ3v) is 3.58. The topological polar surface area (TPSA) is 40.6 Å². The maximum Gasteiger partial charge on any atom is 0.223 e. The minimum absolute atomic E-state index is 0.0939. The molecule has 19 heavy (non-hydrogen) atoms. The number of anilines is 2. The van der Waals surface area contributed by atoms with Crippen LogP contribution in [0.5, 0.6) is 0 Å². The maximum absolute atomic E-state index is 11.5. The standard InChI is InChI=1S/C15H20N2O2/c1-11(18)6-8-16(3)14-4-5-15-13(10-14)7-9-17(15)12(2)19/h4-5,10H,6-9H2,1-3H3. The monoisotopic (exact) mass is 260 g/mol. The molecule has 0 saturated carbocycles. The molecule has 1 aromatic rings. The van der Waals surface area contributed by atoms with Crippen molar-refractivity contribution in [3.05, 3.63) is 23.8 Å². The van der Waals surface area contributed by atoms with Crippen molar-refractivity contribution in [2.24, 2.45) is 0 Å². The SMILES string of the molecule is CC(=O)CCN(C)c1ccc2c(c1)CCN2C(C)=O. The maximum atomic E-state index is 11.5. The van der Waals surface area contributed by atoms with E-state index in [9.17, 15) is 9.59 Å². The highest BCUT2D eigenvalue weighted by Gasteiger charge is 2.22. The van der Waals surface area contributed by atoms with Gasteiger partial charge in [0.1, 0.15) is 5.78 Å². The molecule has 0 atom stereocenters. The lowest BCUT2D eigenvalue weighted by molar-refractivity contribution is -0.117. The van der Waals surface area contributed by atoms with Crippen LogP contribution in [0.3, 0.4) is 0 Å². The second-order valence-electron chi connectivity index (χ2n) is 5.11. The molecule has 2 rings (SSSR count). The number of hydrogen-bond donors (Lipinski definition) is 0. The number of Topliss-reactive ketones (excluding diaryl/α,β-unsaturated/α-hetero) is 1. The van der Waals surface area contributed by atoms with Crippen molar-refractivity contribution < 1.29 is 9.59 Å². The smallest absolute Gasteiger partial charge is 0.223 e. The number of benzene rings is 1. The Morgan fingerprint density at radius 3 is 2.68 bits per heavy atom. The van der Waals surface area contributed by atoms with Gasteiger partial charge in [0.15, 0.2) is 0 Å². The summed E-state index contributed by atoms with van der Waals surface area (Å²) in [6, 6.07) is 6.14. The Morgan fingerprint density at radius 1 is 1.32 bits per heavy atom. The molecule has 1 amide bonds. The molecule has 0 radical (unpaired) electrons. The summed E-state index contributed by atoms with van der Waals surface area (Å²) in [5, 5.41) is 0. The van der Waals surface area contributed by atoms with Crippen LogP contribution in [0.25, 0.3) is 0 Å². The van der Waals surface area contributed by atoms with E-state index in [0.29, 0.717) is 6.42 Å². The zero-order valence-electron chi connectivity index (χ0n) is 11.8. The number of amides is 1. The zero-order chi connectivity index (χ0) is 14.0. The number of hydrogen-bond acceptors (Lipinski definition) is 3. The van der Waals surface area contributed by atoms with Gasteiger partial charge in [-0.2, -0.15) is 0 Å². The molecule has 0 aliphatic carbocycles. The summed E-state index contributed by atoms with van der Waals surface area (Å²) in [6.45, 7) is 4.71. The van der Waals surface area contributed by atoms with Gasteiger partial charge in [-0.05, 0) is 37.1 Å². The van der Waals surface area contributed by atoms with E-state index < -0.39 is 0 Å². The van der Waals surface area contributed by atoms with E-state index in [4.69, 9.17) is 0 Å². The van der Waals surface area contributed by atoms with Gasteiger partial charge in [0.2, 0.25) is 5.91 Å². The second kappa shape index (κ2) is 5.43. The normalized spacial score (nSPS) is 13.3. The summed E-state index contributed by atoms with van der Waals surface area (Å²) in [7, 11) is 1.99. The molecule has 102 valence electrons. The molecule has 0 unspecified atom stereocenters. The van der Waals surface area contributed by atoms with Crippen molar-refractivity contribution in [2.75, 3.05) is 29.9 Å². The van der Waals surface area contributed by atoms with Crippen LogP contribution in [0.2, 0.25) is 0 Å². The van der Waals surface area contributed by atoms with Gasteiger partial charge in [-0.3, -0.25) is 9.59 Å². The first-order chi connectivity index (χ1) is 8.99. The highest BCUT2D eigenvalue weighted by atomic mass is 16.2. The van der Waals surface area contributed by atoms with Crippen molar-refractivity contribution in [3.8, 4) is 0 Å². The van der Waals surface area contributed by atoms with E-state index in [1.165, 1.54) is 5.56 Å². The Bertz CT molecular complexity index is 511. The number of fused-ring (bicyclic) bond motifs is 1. The third-order valence-electron chi connectivity index (χ3n) is 3.58. The molecule has 0 aromatic heterocycles. The van der Waals surface area contributed by atoms with Gasteiger partial charge in [-0.25, -0.2) is 0 Å². The fourth-order valence-electron chi connectivity index (χ4n) is 2.41. The largest absolute Gasteiger partial charge is 0.374 e. The number of carbonyl (C=O) groups is 2. The Kier molecular flexibility index (Phi) is 3.88. The molecule has 0 bridgehead atoms. The van der Waals surface area contributed by atoms with Crippen LogP contribution in [0, 0.1) is 0 Å². The van der Waals surface area contributed by atoms with Crippen LogP contribution in [-0.2, 0) is 16.0 Å². The van der Waals surface area contributed by atoms with Crippen molar-refractivity contribution in [2.45, 2.75) is 26.7 Å². The van der Waals surface area contributed by atoms with E-state index in [0.717, 1.165) is 30.9 Å². The number of nitrogens with zero attached hydrogens (tertiary/aromatic N) is 2. The molecule has 1 aliphatic rings. The summed E-state index contributed by atoms with van der Waals surface area (Å²) in [5.41, 5.74) is 3.34. The molecule has 0 N–H and O–H groups in total. The molecule has 0 saturated heterocycles. The van der Waals surface area contributed by atoms with Crippen molar-refractivity contribution in [1.29, 1.82) is 0 Å². The summed E-state index contributed by atoms with van der Waals surface area (Å²) >= 11 is 0. The fraction of sp³-hybridized carbons (Fsp3) is 0.467. The van der Waals surface area contributed by atoms with Gasteiger partial charge >= 0.3 is 0 Å². The average molecular weight is 260 g/mol. The second-order valence-corrected chi connectivity index (χ2v) is 5.11. The fourth-order valence-corrected chi connectivity index (χ4v) is 2.41. The molecule has 0 fully saturated rings. The lowest BCUT2D eigenvalue weighted by atomic mass is 10.1. The van der Waals surface area contributed by atoms with Gasteiger partial charge < -0.3 is 9.80 Å². The Balaban J connectivity index is 2.14. The number of ketones is 1. The van der Waals surface area contributed by atoms with Crippen LogP contribution < -0.4 is 9.80 Å². The van der Waals surface area contributed by atoms with Crippen LogP contribution in [-0.4, -0.2) is 31.8 Å². The van der Waals surface area contributed by atoms with E-state index in [1.54, 1.807) is 13.8 Å². The minimum Gasteiger partial charge on any atom is -0.374 e. The van der Waals surface area contributed by atoms with E-state index in [-0.39, 0.29) is 11.7 Å². The molecular weight excluding hydrogens is 240 g/mol. The Hall–Kier alpha value is -1.84. The van der Waals surface area contributed by atoms with Crippen LogP contribution in [0.15, 0.2) is 18.2 Å². The van der Waals surface area contributed by atoms with Crippen molar-refractivity contribution in [1.82, 2.24) is 0 Å².